The maximum absolute atomic E-state index is 14.4. The molecule has 1 aromatic heterocycles. The molecule has 1 aliphatic rings. The van der Waals surface area contributed by atoms with Crippen molar-refractivity contribution in [2.75, 3.05) is 42.9 Å². The Bertz CT molecular complexity index is 1160. The van der Waals surface area contributed by atoms with E-state index in [1.54, 1.807) is 19.1 Å². The molecule has 178 valence electrons. The van der Waals surface area contributed by atoms with Gasteiger partial charge in [0.05, 0.1) is 11.6 Å². The normalized spacial score (nSPS) is 15.2. The van der Waals surface area contributed by atoms with E-state index in [2.05, 4.69) is 44.1 Å². The topological polar surface area (TPSA) is 87.4 Å². The number of hydrogen-bond acceptors (Lipinski definition) is 6. The lowest BCUT2D eigenvalue weighted by Crippen LogP contribution is -2.46. The third kappa shape index (κ3) is 5.29. The quantitative estimate of drug-likeness (QED) is 0.520. The van der Waals surface area contributed by atoms with Crippen LogP contribution in [0.3, 0.4) is 0 Å². The van der Waals surface area contributed by atoms with Crippen LogP contribution in [0.2, 0.25) is 5.02 Å². The van der Waals surface area contributed by atoms with Crippen molar-refractivity contribution in [3.8, 4) is 11.4 Å². The summed E-state index contributed by atoms with van der Waals surface area (Å²) in [6.45, 7) is 9.12. The largest absolute Gasteiger partial charge is 0.369 e. The van der Waals surface area contributed by atoms with Gasteiger partial charge in [-0.15, -0.1) is 0 Å². The van der Waals surface area contributed by atoms with Crippen LogP contribution in [-0.4, -0.2) is 53.5 Å². The number of rotatable bonds is 7. The van der Waals surface area contributed by atoms with Gasteiger partial charge in [0.15, 0.2) is 5.82 Å². The molecule has 34 heavy (non-hydrogen) atoms. The fraction of sp³-hybridized carbons (Fsp3) is 0.320. The van der Waals surface area contributed by atoms with E-state index >= 15 is 0 Å². The number of nitrogens with zero attached hydrogens (tertiary/aromatic N) is 4. The van der Waals surface area contributed by atoms with E-state index in [9.17, 15) is 9.18 Å². The first-order chi connectivity index (χ1) is 16.4. The Kier molecular flexibility index (Phi) is 7.29. The Morgan fingerprint density at radius 1 is 1.18 bits per heavy atom. The second kappa shape index (κ2) is 10.4. The van der Waals surface area contributed by atoms with Crippen LogP contribution in [0.25, 0.3) is 11.4 Å². The van der Waals surface area contributed by atoms with Crippen molar-refractivity contribution < 1.29 is 9.18 Å². The number of piperazine rings is 1. The van der Waals surface area contributed by atoms with Gasteiger partial charge in [-0.05, 0) is 49.9 Å². The molecule has 7 nitrogen and oxygen atoms in total. The number of benzene rings is 2. The van der Waals surface area contributed by atoms with E-state index in [1.807, 2.05) is 12.1 Å². The fourth-order valence-electron chi connectivity index (χ4n) is 4.09. The first kappa shape index (κ1) is 23.9. The predicted octanol–water partition coefficient (Wildman–Crippen LogP) is 4.35. The van der Waals surface area contributed by atoms with Crippen molar-refractivity contribution in [2.24, 2.45) is 5.73 Å². The summed E-state index contributed by atoms with van der Waals surface area (Å²) in [4.78, 5) is 25.7. The van der Waals surface area contributed by atoms with Crippen LogP contribution >= 0.6 is 11.6 Å². The molecular weight excluding hydrogens is 455 g/mol. The molecule has 1 aliphatic heterocycles. The van der Waals surface area contributed by atoms with Crippen molar-refractivity contribution in [1.29, 1.82) is 0 Å². The Balaban J connectivity index is 1.56. The van der Waals surface area contributed by atoms with E-state index in [4.69, 9.17) is 17.3 Å². The minimum absolute atomic E-state index is 0.135. The molecule has 1 amide bonds. The Morgan fingerprint density at radius 2 is 1.88 bits per heavy atom. The average molecular weight is 483 g/mol. The van der Waals surface area contributed by atoms with E-state index < -0.39 is 17.8 Å². The zero-order valence-electron chi connectivity index (χ0n) is 19.3. The number of likely N-dealkylation sites (N-methyl/N-ethyl adjacent to an activating group) is 1. The number of carbonyl (C=O) groups is 1. The molecule has 0 radical (unpaired) electrons. The number of carbonyl (C=O) groups excluding carboxylic acids is 1. The molecule has 4 rings (SSSR count). The van der Waals surface area contributed by atoms with E-state index in [-0.39, 0.29) is 11.4 Å². The maximum atomic E-state index is 14.4. The van der Waals surface area contributed by atoms with Gasteiger partial charge in [0.1, 0.15) is 11.6 Å². The summed E-state index contributed by atoms with van der Waals surface area (Å²) in [5, 5.41) is 3.41. The van der Waals surface area contributed by atoms with Gasteiger partial charge in [0.25, 0.3) is 5.91 Å². The van der Waals surface area contributed by atoms with Gasteiger partial charge in [0, 0.05) is 54.2 Å². The minimum Gasteiger partial charge on any atom is -0.369 e. The lowest BCUT2D eigenvalue weighted by atomic mass is 10.1. The number of hydrogen-bond donors (Lipinski definition) is 2. The Morgan fingerprint density at radius 3 is 2.50 bits per heavy atom. The highest BCUT2D eigenvalue weighted by Gasteiger charge is 2.19. The van der Waals surface area contributed by atoms with Crippen molar-refractivity contribution in [1.82, 2.24) is 14.9 Å². The highest BCUT2D eigenvalue weighted by Crippen LogP contribution is 2.27. The molecule has 1 atom stereocenters. The van der Waals surface area contributed by atoms with Crippen LogP contribution < -0.4 is 16.0 Å². The average Bonchev–Trinajstić information content (AvgIpc) is 2.84. The van der Waals surface area contributed by atoms with Crippen molar-refractivity contribution in [3.63, 3.8) is 0 Å². The van der Waals surface area contributed by atoms with E-state index in [1.165, 1.54) is 12.3 Å². The molecule has 2 aromatic carbocycles. The van der Waals surface area contributed by atoms with E-state index in [0.29, 0.717) is 16.4 Å². The summed E-state index contributed by atoms with van der Waals surface area (Å²) in [5.41, 5.74) is 8.02. The summed E-state index contributed by atoms with van der Waals surface area (Å²) in [5.74, 6) is -0.421. The number of nitrogens with one attached hydrogen (secondary N) is 1. The van der Waals surface area contributed by atoms with Gasteiger partial charge in [-0.3, -0.25) is 4.79 Å². The number of amides is 1. The highest BCUT2D eigenvalue weighted by molar-refractivity contribution is 6.30. The van der Waals surface area contributed by atoms with Crippen molar-refractivity contribution in [2.45, 2.75) is 19.9 Å². The molecule has 0 aliphatic carbocycles. The highest BCUT2D eigenvalue weighted by atomic mass is 35.5. The molecule has 1 fully saturated rings. The zero-order chi connectivity index (χ0) is 24.2. The molecule has 1 saturated heterocycles. The molecule has 0 bridgehead atoms. The standard InChI is InChI=1S/C25H28ClFN6O/c1-3-32-10-12-33(13-11-32)19-7-4-17(5-8-19)24-29-15-21(23(28)34)25(31-24)30-16(2)20-9-6-18(26)14-22(20)27/h4-9,14-16H,3,10-13H2,1-2H3,(H2,28,34)(H,29,30,31)/t16-/m0/s1. The molecular formula is C25H28ClFN6O. The van der Waals surface area contributed by atoms with Gasteiger partial charge in [-0.25, -0.2) is 14.4 Å². The van der Waals surface area contributed by atoms with Gasteiger partial charge in [-0.2, -0.15) is 0 Å². The van der Waals surface area contributed by atoms with Gasteiger partial charge in [0.2, 0.25) is 0 Å². The SMILES string of the molecule is CCN1CCN(c2ccc(-c3ncc(C(N)=O)c(N[C@@H](C)c4ccc(Cl)cc4F)n3)cc2)CC1. The first-order valence-electron chi connectivity index (χ1n) is 11.3. The second-order valence-electron chi connectivity index (χ2n) is 8.32. The summed E-state index contributed by atoms with van der Waals surface area (Å²) in [7, 11) is 0. The minimum atomic E-state index is -0.667. The molecule has 3 aromatic rings. The van der Waals surface area contributed by atoms with Crippen LogP contribution in [0.1, 0.15) is 35.8 Å². The molecule has 0 unspecified atom stereocenters. The van der Waals surface area contributed by atoms with Crippen LogP contribution in [0.5, 0.6) is 0 Å². The Labute approximate surface area is 203 Å². The van der Waals surface area contributed by atoms with Gasteiger partial charge >= 0.3 is 0 Å². The van der Waals surface area contributed by atoms with Crippen molar-refractivity contribution >= 4 is 29.0 Å². The predicted molar refractivity (Wildman–Crippen MR) is 134 cm³/mol. The summed E-state index contributed by atoms with van der Waals surface area (Å²) < 4.78 is 14.4. The summed E-state index contributed by atoms with van der Waals surface area (Å²) in [6, 6.07) is 12.0. The van der Waals surface area contributed by atoms with Gasteiger partial charge < -0.3 is 20.9 Å². The molecule has 2 heterocycles. The monoisotopic (exact) mass is 482 g/mol. The number of primary amides is 1. The molecule has 3 N–H and O–H groups in total. The fourth-order valence-corrected chi connectivity index (χ4v) is 4.25. The first-order valence-corrected chi connectivity index (χ1v) is 11.7. The van der Waals surface area contributed by atoms with Crippen LogP contribution in [0, 0.1) is 5.82 Å². The summed E-state index contributed by atoms with van der Waals surface area (Å²) >= 11 is 5.86. The van der Waals surface area contributed by atoms with Crippen LogP contribution in [0.15, 0.2) is 48.7 Å². The Hall–Kier alpha value is -3.23. The number of anilines is 2. The van der Waals surface area contributed by atoms with Crippen molar-refractivity contribution in [3.05, 3.63) is 70.6 Å². The third-order valence-electron chi connectivity index (χ3n) is 6.15. The molecule has 0 saturated carbocycles. The second-order valence-corrected chi connectivity index (χ2v) is 8.76. The van der Waals surface area contributed by atoms with Gasteiger partial charge in [-0.1, -0.05) is 24.6 Å². The van der Waals surface area contributed by atoms with Crippen LogP contribution in [0.4, 0.5) is 15.9 Å². The number of nitrogens with two attached hydrogens (primary N) is 1. The van der Waals surface area contributed by atoms with E-state index in [0.717, 1.165) is 44.0 Å². The molecule has 0 spiro atoms. The molecule has 9 heteroatoms. The lowest BCUT2D eigenvalue weighted by Gasteiger charge is -2.35. The smallest absolute Gasteiger partial charge is 0.254 e. The zero-order valence-corrected chi connectivity index (χ0v) is 20.0. The van der Waals surface area contributed by atoms with Crippen LogP contribution in [-0.2, 0) is 0 Å². The summed E-state index contributed by atoms with van der Waals surface area (Å²) in [6.07, 6.45) is 1.40. The number of halogens is 2. The third-order valence-corrected chi connectivity index (χ3v) is 6.38. The maximum Gasteiger partial charge on any atom is 0.254 e. The lowest BCUT2D eigenvalue weighted by molar-refractivity contribution is 0.100. The number of aromatic nitrogens is 2.